The number of sulfonamides is 1. The first kappa shape index (κ1) is 29.3. The molecule has 0 unspecified atom stereocenters. The number of carbonyl (C=O) groups excluding carboxylic acids is 2. The summed E-state index contributed by atoms with van der Waals surface area (Å²) < 4.78 is 26.4. The third-order valence-corrected chi connectivity index (χ3v) is 7.38. The lowest BCUT2D eigenvalue weighted by molar-refractivity contribution is -0.141. The molecule has 0 radical (unpaired) electrons. The van der Waals surface area contributed by atoms with Gasteiger partial charge in [-0.25, -0.2) is 8.42 Å². The molecule has 3 rings (SSSR count). The lowest BCUT2D eigenvalue weighted by atomic mass is 10.0. The molecule has 0 bridgehead atoms. The SMILES string of the molecule is CS(=O)(=O)N(CC(=O)N(Cc1ccc(Cl)cc1)[C@H](Cc1ccccc1)C(=O)NCCO)Cc1ccccc1. The van der Waals surface area contributed by atoms with E-state index >= 15 is 0 Å². The largest absolute Gasteiger partial charge is 0.395 e. The van der Waals surface area contributed by atoms with Gasteiger partial charge < -0.3 is 15.3 Å². The number of carbonyl (C=O) groups is 2. The molecule has 0 aliphatic rings. The Balaban J connectivity index is 1.97. The van der Waals surface area contributed by atoms with Crippen molar-refractivity contribution in [3.63, 3.8) is 0 Å². The van der Waals surface area contributed by atoms with E-state index in [9.17, 15) is 23.1 Å². The minimum absolute atomic E-state index is 0.0141. The summed E-state index contributed by atoms with van der Waals surface area (Å²) in [6, 6.07) is 24.2. The number of aliphatic hydroxyl groups is 1. The van der Waals surface area contributed by atoms with Gasteiger partial charge in [-0.05, 0) is 28.8 Å². The second kappa shape index (κ2) is 14.1. The van der Waals surface area contributed by atoms with Crippen LogP contribution >= 0.6 is 11.6 Å². The quantitative estimate of drug-likeness (QED) is 0.336. The van der Waals surface area contributed by atoms with Gasteiger partial charge in [0.05, 0.1) is 19.4 Å². The first-order valence-electron chi connectivity index (χ1n) is 12.1. The summed E-state index contributed by atoms with van der Waals surface area (Å²) in [7, 11) is -3.75. The Morgan fingerprint density at radius 2 is 1.42 bits per heavy atom. The maximum Gasteiger partial charge on any atom is 0.243 e. The van der Waals surface area contributed by atoms with Crippen molar-refractivity contribution in [3.05, 3.63) is 107 Å². The predicted molar refractivity (Wildman–Crippen MR) is 148 cm³/mol. The first-order valence-corrected chi connectivity index (χ1v) is 14.4. The van der Waals surface area contributed by atoms with Gasteiger partial charge in [-0.1, -0.05) is 84.4 Å². The molecule has 2 N–H and O–H groups in total. The van der Waals surface area contributed by atoms with Gasteiger partial charge in [-0.3, -0.25) is 9.59 Å². The van der Waals surface area contributed by atoms with Crippen LogP contribution in [-0.4, -0.2) is 66.5 Å². The Hall–Kier alpha value is -3.24. The highest BCUT2D eigenvalue weighted by molar-refractivity contribution is 7.88. The van der Waals surface area contributed by atoms with Crippen LogP contribution in [0.4, 0.5) is 0 Å². The number of halogens is 1. The van der Waals surface area contributed by atoms with Gasteiger partial charge in [0.25, 0.3) is 0 Å². The number of benzene rings is 3. The van der Waals surface area contributed by atoms with Gasteiger partial charge in [-0.15, -0.1) is 0 Å². The maximum atomic E-state index is 13.8. The van der Waals surface area contributed by atoms with E-state index in [0.29, 0.717) is 5.02 Å². The van der Waals surface area contributed by atoms with Gasteiger partial charge in [-0.2, -0.15) is 4.31 Å². The molecule has 0 heterocycles. The van der Waals surface area contributed by atoms with Crippen LogP contribution in [0.5, 0.6) is 0 Å². The van der Waals surface area contributed by atoms with E-state index in [2.05, 4.69) is 5.32 Å². The summed E-state index contributed by atoms with van der Waals surface area (Å²) >= 11 is 6.04. The van der Waals surface area contributed by atoms with Crippen molar-refractivity contribution < 1.29 is 23.1 Å². The van der Waals surface area contributed by atoms with Crippen LogP contribution in [0, 0.1) is 0 Å². The zero-order valence-electron chi connectivity index (χ0n) is 21.2. The number of rotatable bonds is 13. The second-order valence-electron chi connectivity index (χ2n) is 8.88. The van der Waals surface area contributed by atoms with Crippen molar-refractivity contribution in [2.45, 2.75) is 25.6 Å². The smallest absolute Gasteiger partial charge is 0.243 e. The molecule has 0 aliphatic carbocycles. The van der Waals surface area contributed by atoms with Crippen molar-refractivity contribution in [3.8, 4) is 0 Å². The highest BCUT2D eigenvalue weighted by atomic mass is 35.5. The average Bonchev–Trinajstić information content (AvgIpc) is 2.90. The number of nitrogens with one attached hydrogen (secondary N) is 1. The molecule has 10 heteroatoms. The van der Waals surface area contributed by atoms with Gasteiger partial charge in [0.2, 0.25) is 21.8 Å². The normalized spacial score (nSPS) is 12.2. The van der Waals surface area contributed by atoms with Crippen LogP contribution in [0.2, 0.25) is 5.02 Å². The molecule has 0 fully saturated rings. The Kier molecular flexibility index (Phi) is 10.8. The number of aliphatic hydroxyl groups excluding tert-OH is 1. The molecule has 0 aromatic heterocycles. The van der Waals surface area contributed by atoms with E-state index in [1.807, 2.05) is 36.4 Å². The van der Waals surface area contributed by atoms with E-state index < -0.39 is 34.4 Å². The number of nitrogens with zero attached hydrogens (tertiary/aromatic N) is 2. The molecule has 0 saturated heterocycles. The zero-order valence-corrected chi connectivity index (χ0v) is 22.7. The minimum atomic E-state index is -3.75. The maximum absolute atomic E-state index is 13.8. The van der Waals surface area contributed by atoms with Crippen molar-refractivity contribution in [2.24, 2.45) is 0 Å². The molecule has 0 spiro atoms. The van der Waals surface area contributed by atoms with Crippen LogP contribution in [0.3, 0.4) is 0 Å². The summed E-state index contributed by atoms with van der Waals surface area (Å²) in [6.07, 6.45) is 1.26. The lowest BCUT2D eigenvalue weighted by Crippen LogP contribution is -2.53. The van der Waals surface area contributed by atoms with Crippen LogP contribution in [0.1, 0.15) is 16.7 Å². The van der Waals surface area contributed by atoms with Crippen molar-refractivity contribution in [1.82, 2.24) is 14.5 Å². The second-order valence-corrected chi connectivity index (χ2v) is 11.3. The molecule has 0 saturated carbocycles. The van der Waals surface area contributed by atoms with E-state index in [1.165, 1.54) is 4.90 Å². The fraction of sp³-hybridized carbons (Fsp3) is 0.286. The van der Waals surface area contributed by atoms with Crippen molar-refractivity contribution in [2.75, 3.05) is 26.0 Å². The lowest BCUT2D eigenvalue weighted by Gasteiger charge is -2.33. The van der Waals surface area contributed by atoms with E-state index in [1.54, 1.807) is 48.5 Å². The summed E-state index contributed by atoms with van der Waals surface area (Å²) in [5.41, 5.74) is 2.29. The molecule has 3 aromatic rings. The Bertz CT molecular complexity index is 1290. The minimum Gasteiger partial charge on any atom is -0.395 e. The Morgan fingerprint density at radius 1 is 0.868 bits per heavy atom. The summed E-state index contributed by atoms with van der Waals surface area (Å²) in [4.78, 5) is 28.5. The Labute approximate surface area is 228 Å². The molecule has 0 aliphatic heterocycles. The molecule has 8 nitrogen and oxygen atoms in total. The number of hydrogen-bond donors (Lipinski definition) is 2. The first-order chi connectivity index (χ1) is 18.2. The highest BCUT2D eigenvalue weighted by Gasteiger charge is 2.32. The summed E-state index contributed by atoms with van der Waals surface area (Å²) in [6.45, 7) is -0.604. The molecule has 3 aromatic carbocycles. The molecule has 202 valence electrons. The highest BCUT2D eigenvalue weighted by Crippen LogP contribution is 2.18. The van der Waals surface area contributed by atoms with Crippen molar-refractivity contribution >= 4 is 33.4 Å². The average molecular weight is 558 g/mol. The van der Waals surface area contributed by atoms with Crippen LogP contribution in [-0.2, 0) is 39.1 Å². The summed E-state index contributed by atoms with van der Waals surface area (Å²) in [5.74, 6) is -0.972. The van der Waals surface area contributed by atoms with Crippen molar-refractivity contribution in [1.29, 1.82) is 0 Å². The number of amides is 2. The van der Waals surface area contributed by atoms with E-state index in [-0.39, 0.29) is 32.7 Å². The third kappa shape index (κ3) is 8.95. The molecular formula is C28H32ClN3O5S. The summed E-state index contributed by atoms with van der Waals surface area (Å²) in [5, 5.41) is 12.5. The van der Waals surface area contributed by atoms with Gasteiger partial charge in [0.15, 0.2) is 0 Å². The Morgan fingerprint density at radius 3 is 1.97 bits per heavy atom. The third-order valence-electron chi connectivity index (χ3n) is 5.93. The predicted octanol–water partition coefficient (Wildman–Crippen LogP) is 2.85. The van der Waals surface area contributed by atoms with Crippen LogP contribution < -0.4 is 5.32 Å². The van der Waals surface area contributed by atoms with Gasteiger partial charge in [0.1, 0.15) is 6.04 Å². The fourth-order valence-corrected chi connectivity index (χ4v) is 4.81. The molecular weight excluding hydrogens is 526 g/mol. The molecule has 2 amide bonds. The number of hydrogen-bond acceptors (Lipinski definition) is 5. The fourth-order valence-electron chi connectivity index (χ4n) is 3.96. The van der Waals surface area contributed by atoms with Gasteiger partial charge in [0, 0.05) is 31.1 Å². The molecule has 38 heavy (non-hydrogen) atoms. The standard InChI is InChI=1S/C28H32ClN3O5S/c1-38(36,37)31(19-23-10-6-3-7-11-23)21-27(34)32(20-24-12-14-25(29)15-13-24)26(28(35)30-16-17-33)18-22-8-4-2-5-9-22/h2-15,26,33H,16-21H2,1H3,(H,30,35)/t26-/m1/s1. The molecule has 1 atom stereocenters. The zero-order chi connectivity index (χ0) is 27.5. The van der Waals surface area contributed by atoms with Crippen LogP contribution in [0.25, 0.3) is 0 Å². The van der Waals surface area contributed by atoms with E-state index in [4.69, 9.17) is 11.6 Å². The monoisotopic (exact) mass is 557 g/mol. The van der Waals surface area contributed by atoms with Gasteiger partial charge >= 0.3 is 0 Å². The topological polar surface area (TPSA) is 107 Å². The van der Waals surface area contributed by atoms with Crippen LogP contribution in [0.15, 0.2) is 84.9 Å². The van der Waals surface area contributed by atoms with E-state index in [0.717, 1.165) is 27.3 Å².